The molecule has 1 atom stereocenters. The van der Waals surface area contributed by atoms with Gasteiger partial charge in [0.15, 0.2) is 0 Å². The zero-order chi connectivity index (χ0) is 19.2. The highest BCUT2D eigenvalue weighted by atomic mass is 32.1. The smallest absolute Gasteiger partial charge is 0.142 e. The minimum atomic E-state index is 0.356. The third kappa shape index (κ3) is 3.53. The quantitative estimate of drug-likeness (QED) is 0.637. The highest BCUT2D eigenvalue weighted by Gasteiger charge is 2.31. The number of hydrogen-bond donors (Lipinski definition) is 1. The first-order valence-corrected chi connectivity index (χ1v) is 10.4. The second-order valence-electron chi connectivity index (χ2n) is 8.78. The van der Waals surface area contributed by atoms with Crippen molar-refractivity contribution in [2.75, 3.05) is 24.3 Å². The Hall–Kier alpha value is -2.14. The molecule has 5 heteroatoms. The zero-order valence-corrected chi connectivity index (χ0v) is 17.7. The fraction of sp³-hybridized carbons (Fsp3) is 0.455. The molecule has 0 saturated heterocycles. The first kappa shape index (κ1) is 18.2. The number of nitrogens with one attached hydrogen (secondary N) is 1. The van der Waals surface area contributed by atoms with Gasteiger partial charge in [0.1, 0.15) is 17.0 Å². The minimum absolute atomic E-state index is 0.356. The van der Waals surface area contributed by atoms with Crippen LogP contribution in [-0.2, 0) is 12.8 Å². The van der Waals surface area contributed by atoms with E-state index >= 15 is 0 Å². The van der Waals surface area contributed by atoms with E-state index in [1.807, 2.05) is 11.3 Å². The van der Waals surface area contributed by atoms with Crippen molar-refractivity contribution in [3.05, 3.63) is 41.0 Å². The van der Waals surface area contributed by atoms with E-state index in [2.05, 4.69) is 79.3 Å². The molecule has 3 aromatic rings. The van der Waals surface area contributed by atoms with E-state index in [0.29, 0.717) is 5.41 Å². The van der Waals surface area contributed by atoms with Crippen molar-refractivity contribution >= 4 is 38.7 Å². The van der Waals surface area contributed by atoms with Crippen molar-refractivity contribution in [2.45, 2.75) is 40.0 Å². The molecule has 1 N–H and O–H groups in total. The summed E-state index contributed by atoms with van der Waals surface area (Å²) < 4.78 is 0. The van der Waals surface area contributed by atoms with E-state index in [1.165, 1.54) is 27.9 Å². The molecule has 0 saturated carbocycles. The van der Waals surface area contributed by atoms with Crippen LogP contribution in [0.1, 0.15) is 37.6 Å². The molecule has 4 rings (SSSR count). The summed E-state index contributed by atoms with van der Waals surface area (Å²) in [5.74, 6) is 1.67. The highest BCUT2D eigenvalue weighted by Crippen LogP contribution is 2.44. The van der Waals surface area contributed by atoms with Gasteiger partial charge in [0, 0.05) is 30.3 Å². The van der Waals surface area contributed by atoms with E-state index in [9.17, 15) is 0 Å². The third-order valence-corrected chi connectivity index (χ3v) is 6.88. The first-order chi connectivity index (χ1) is 12.8. The van der Waals surface area contributed by atoms with Gasteiger partial charge in [-0.05, 0) is 60.4 Å². The molecule has 1 aliphatic rings. The Kier molecular flexibility index (Phi) is 4.58. The van der Waals surface area contributed by atoms with Crippen LogP contribution in [0.4, 0.5) is 17.2 Å². The second kappa shape index (κ2) is 6.79. The monoisotopic (exact) mass is 380 g/mol. The molecule has 2 heterocycles. The number of fused-ring (bicyclic) bond motifs is 3. The van der Waals surface area contributed by atoms with Crippen molar-refractivity contribution in [1.29, 1.82) is 0 Å². The molecule has 1 aromatic carbocycles. The summed E-state index contributed by atoms with van der Waals surface area (Å²) in [6, 6.07) is 8.46. The van der Waals surface area contributed by atoms with Gasteiger partial charge in [0.05, 0.1) is 5.39 Å². The van der Waals surface area contributed by atoms with Crippen LogP contribution in [-0.4, -0.2) is 24.1 Å². The van der Waals surface area contributed by atoms with Crippen LogP contribution in [0, 0.1) is 11.3 Å². The lowest BCUT2D eigenvalue weighted by Gasteiger charge is -2.33. The number of thiophene rings is 1. The average Bonchev–Trinajstić information content (AvgIpc) is 3.00. The van der Waals surface area contributed by atoms with Crippen molar-refractivity contribution < 1.29 is 0 Å². The summed E-state index contributed by atoms with van der Waals surface area (Å²) >= 11 is 1.85. The first-order valence-electron chi connectivity index (χ1n) is 9.62. The maximum absolute atomic E-state index is 4.58. The molecule has 142 valence electrons. The predicted octanol–water partition coefficient (Wildman–Crippen LogP) is 5.65. The predicted molar refractivity (Wildman–Crippen MR) is 116 cm³/mol. The van der Waals surface area contributed by atoms with Crippen molar-refractivity contribution in [2.24, 2.45) is 11.3 Å². The summed E-state index contributed by atoms with van der Waals surface area (Å²) in [6.07, 6.45) is 5.21. The highest BCUT2D eigenvalue weighted by molar-refractivity contribution is 7.19. The van der Waals surface area contributed by atoms with E-state index < -0.39 is 0 Å². The molecule has 0 radical (unpaired) electrons. The Labute approximate surface area is 165 Å². The molecule has 27 heavy (non-hydrogen) atoms. The van der Waals surface area contributed by atoms with E-state index in [4.69, 9.17) is 0 Å². The van der Waals surface area contributed by atoms with Crippen molar-refractivity contribution in [3.63, 3.8) is 0 Å². The Bertz CT molecular complexity index is 951. The van der Waals surface area contributed by atoms with Gasteiger partial charge in [-0.3, -0.25) is 0 Å². The van der Waals surface area contributed by atoms with Crippen molar-refractivity contribution in [3.8, 4) is 0 Å². The number of anilines is 3. The van der Waals surface area contributed by atoms with Crippen LogP contribution < -0.4 is 10.2 Å². The van der Waals surface area contributed by atoms with Crippen LogP contribution in [0.15, 0.2) is 30.6 Å². The summed E-state index contributed by atoms with van der Waals surface area (Å²) in [7, 11) is 4.11. The number of aromatic nitrogens is 2. The van der Waals surface area contributed by atoms with Gasteiger partial charge in [-0.25, -0.2) is 9.97 Å². The lowest BCUT2D eigenvalue weighted by molar-refractivity contribution is 0.218. The lowest BCUT2D eigenvalue weighted by Crippen LogP contribution is -2.26. The van der Waals surface area contributed by atoms with Gasteiger partial charge in [-0.15, -0.1) is 11.3 Å². The van der Waals surface area contributed by atoms with Gasteiger partial charge in [0.25, 0.3) is 0 Å². The van der Waals surface area contributed by atoms with Gasteiger partial charge in [0.2, 0.25) is 0 Å². The van der Waals surface area contributed by atoms with E-state index in [-0.39, 0.29) is 0 Å². The molecule has 2 aromatic heterocycles. The lowest BCUT2D eigenvalue weighted by atomic mass is 9.72. The summed E-state index contributed by atoms with van der Waals surface area (Å²) in [4.78, 5) is 13.9. The zero-order valence-electron chi connectivity index (χ0n) is 16.8. The summed E-state index contributed by atoms with van der Waals surface area (Å²) in [5, 5.41) is 4.75. The van der Waals surface area contributed by atoms with Crippen molar-refractivity contribution in [1.82, 2.24) is 9.97 Å². The molecule has 0 spiro atoms. The molecule has 0 bridgehead atoms. The molecule has 1 unspecified atom stereocenters. The summed E-state index contributed by atoms with van der Waals surface area (Å²) in [5.41, 5.74) is 4.07. The van der Waals surface area contributed by atoms with Gasteiger partial charge >= 0.3 is 0 Å². The maximum Gasteiger partial charge on any atom is 0.142 e. The van der Waals surface area contributed by atoms with Crippen LogP contribution in [0.3, 0.4) is 0 Å². The third-order valence-electron chi connectivity index (χ3n) is 5.72. The summed E-state index contributed by atoms with van der Waals surface area (Å²) in [6.45, 7) is 7.08. The molecule has 0 amide bonds. The van der Waals surface area contributed by atoms with Crippen LogP contribution in [0.5, 0.6) is 0 Å². The SMILES string of the molecule is CN(C)c1ccc(Nc2ncnc3sc4c(c23)CCC(C(C)(C)C)C4)cc1. The topological polar surface area (TPSA) is 41.0 Å². The molecular formula is C22H28N4S. The number of hydrogen-bond acceptors (Lipinski definition) is 5. The van der Waals surface area contributed by atoms with Crippen LogP contribution in [0.2, 0.25) is 0 Å². The fourth-order valence-electron chi connectivity index (χ4n) is 3.92. The maximum atomic E-state index is 4.58. The second-order valence-corrected chi connectivity index (χ2v) is 9.86. The standard InChI is InChI=1S/C22H28N4S/c1-22(2,3)14-6-11-17-18(12-14)27-21-19(17)20(23-13-24-21)25-15-7-9-16(10-8-15)26(4)5/h7-10,13-14H,6,11-12H2,1-5H3,(H,23,24,25). The molecule has 4 nitrogen and oxygen atoms in total. The van der Waals surface area contributed by atoms with Crippen LogP contribution >= 0.6 is 11.3 Å². The average molecular weight is 381 g/mol. The fourth-order valence-corrected chi connectivity index (χ4v) is 5.19. The Balaban J connectivity index is 1.68. The minimum Gasteiger partial charge on any atom is -0.378 e. The Morgan fingerprint density at radius 2 is 1.85 bits per heavy atom. The van der Waals surface area contributed by atoms with Gasteiger partial charge in [-0.2, -0.15) is 0 Å². The largest absolute Gasteiger partial charge is 0.378 e. The van der Waals surface area contributed by atoms with Gasteiger partial charge in [-0.1, -0.05) is 20.8 Å². The molecule has 0 aliphatic heterocycles. The van der Waals surface area contributed by atoms with E-state index in [0.717, 1.165) is 35.1 Å². The number of rotatable bonds is 3. The number of benzene rings is 1. The number of nitrogens with zero attached hydrogens (tertiary/aromatic N) is 3. The van der Waals surface area contributed by atoms with E-state index in [1.54, 1.807) is 6.33 Å². The number of aryl methyl sites for hydroxylation is 1. The molecule has 1 aliphatic carbocycles. The van der Waals surface area contributed by atoms with Gasteiger partial charge < -0.3 is 10.2 Å². The van der Waals surface area contributed by atoms with Crippen LogP contribution in [0.25, 0.3) is 10.2 Å². The Morgan fingerprint density at radius 1 is 1.11 bits per heavy atom. The molecule has 0 fully saturated rings. The Morgan fingerprint density at radius 3 is 2.52 bits per heavy atom. The molecular weight excluding hydrogens is 352 g/mol. The normalized spacial score (nSPS) is 17.0.